The maximum Gasteiger partial charge on any atom is 2.00 e. The van der Waals surface area contributed by atoms with Gasteiger partial charge in [-0.2, -0.15) is 0 Å². The molecule has 0 bridgehead atoms. The number of aromatic hydroxyl groups is 1. The Morgan fingerprint density at radius 1 is 1.32 bits per heavy atom. The molecule has 1 atom stereocenters. The molecule has 1 rings (SSSR count). The normalized spacial score (nSPS) is 9.79. The second-order valence-corrected chi connectivity index (χ2v) is 3.37. The summed E-state index contributed by atoms with van der Waals surface area (Å²) in [7, 11) is 0. The van der Waals surface area contributed by atoms with Gasteiger partial charge in [-0.1, -0.05) is 12.1 Å². The third-order valence-corrected chi connectivity index (χ3v) is 1.76. The molecule has 0 saturated carbocycles. The number of amides is 1. The van der Waals surface area contributed by atoms with Crippen LogP contribution in [0.1, 0.15) is 12.5 Å². The maximum absolute atomic E-state index is 10.6. The van der Waals surface area contributed by atoms with Crippen molar-refractivity contribution in [2.24, 2.45) is 11.5 Å². The smallest absolute Gasteiger partial charge is 0.870 e. The van der Waals surface area contributed by atoms with Gasteiger partial charge >= 0.3 is 16.8 Å². The fourth-order valence-corrected chi connectivity index (χ4v) is 0.987. The van der Waals surface area contributed by atoms with E-state index in [2.05, 4.69) is 0 Å². The first-order valence-corrected chi connectivity index (χ1v) is 4.83. The van der Waals surface area contributed by atoms with Gasteiger partial charge < -0.3 is 32.0 Å². The molecule has 1 aromatic rings. The van der Waals surface area contributed by atoms with Crippen LogP contribution in [0.4, 0.5) is 0 Å². The van der Waals surface area contributed by atoms with Crippen molar-refractivity contribution in [3.63, 3.8) is 0 Å². The molecular weight excluding hydrogens is 299 g/mol. The molecule has 0 fully saturated rings. The number of primary amides is 1. The fraction of sp³-hybridized carbons (Fsp3) is 0.273. The predicted octanol–water partition coefficient (Wildman–Crippen LogP) is -1.68. The van der Waals surface area contributed by atoms with Gasteiger partial charge in [0.2, 0.25) is 5.91 Å². The second kappa shape index (κ2) is 11.5. The predicted molar refractivity (Wildman–Crippen MR) is 61.6 cm³/mol. The van der Waals surface area contributed by atoms with Gasteiger partial charge in [0.05, 0.1) is 6.04 Å². The number of phenolic OH excluding ortho intramolecular Hbond substituents is 1. The first kappa shape index (κ1) is 22.6. The number of benzene rings is 1. The largest absolute Gasteiger partial charge is 2.00 e. The van der Waals surface area contributed by atoms with Gasteiger partial charge in [-0.3, -0.25) is 4.79 Å². The van der Waals surface area contributed by atoms with Gasteiger partial charge in [-0.05, 0) is 31.0 Å². The molecule has 8 heteroatoms. The van der Waals surface area contributed by atoms with E-state index in [9.17, 15) is 4.79 Å². The fourth-order valence-electron chi connectivity index (χ4n) is 0.987. The van der Waals surface area contributed by atoms with Crippen molar-refractivity contribution in [3.05, 3.63) is 29.8 Å². The Labute approximate surface area is 121 Å². The molecule has 109 valence electrons. The molecule has 0 aliphatic heterocycles. The van der Waals surface area contributed by atoms with Crippen molar-refractivity contribution in [3.8, 4) is 5.75 Å². The van der Waals surface area contributed by atoms with E-state index in [1.807, 2.05) is 0 Å². The summed E-state index contributed by atoms with van der Waals surface area (Å²) in [6.07, 6.45) is 0.398. The van der Waals surface area contributed by atoms with Gasteiger partial charge in [-0.25, -0.2) is 0 Å². The Kier molecular flexibility index (Phi) is 13.6. The van der Waals surface area contributed by atoms with Crippen LogP contribution < -0.4 is 16.6 Å². The Morgan fingerprint density at radius 2 is 1.68 bits per heavy atom. The minimum atomic E-state index is -1.08. The summed E-state index contributed by atoms with van der Waals surface area (Å²) in [5.74, 6) is -1.41. The van der Waals surface area contributed by atoms with Crippen molar-refractivity contribution >= 4 is 11.9 Å². The number of nitrogens with two attached hydrogens (primary N) is 2. The maximum atomic E-state index is 10.6. The Morgan fingerprint density at radius 3 is 2.00 bits per heavy atom. The molecule has 0 saturated heterocycles. The van der Waals surface area contributed by atoms with Crippen molar-refractivity contribution in [1.29, 1.82) is 0 Å². The van der Waals surface area contributed by atoms with E-state index in [-0.39, 0.29) is 28.0 Å². The van der Waals surface area contributed by atoms with Crippen molar-refractivity contribution in [2.75, 3.05) is 0 Å². The zero-order valence-corrected chi connectivity index (χ0v) is 11.2. The van der Waals surface area contributed by atoms with E-state index in [0.717, 1.165) is 12.5 Å². The summed E-state index contributed by atoms with van der Waals surface area (Å²) in [5, 5.41) is 17.9. The zero-order chi connectivity index (χ0) is 13.4. The molecule has 1 aromatic carbocycles. The molecular formula is C11H16CoN2O5. The van der Waals surface area contributed by atoms with E-state index in [0.29, 0.717) is 6.42 Å². The molecule has 0 heterocycles. The number of hydrogen-bond acceptors (Lipinski definition) is 6. The molecule has 0 aliphatic carbocycles. The van der Waals surface area contributed by atoms with Crippen LogP contribution in [0.25, 0.3) is 0 Å². The third-order valence-electron chi connectivity index (χ3n) is 1.76. The first-order valence-electron chi connectivity index (χ1n) is 4.83. The van der Waals surface area contributed by atoms with Crippen LogP contribution in [0.2, 0.25) is 0 Å². The van der Waals surface area contributed by atoms with Crippen LogP contribution in [-0.2, 0) is 32.8 Å². The molecule has 19 heavy (non-hydrogen) atoms. The molecule has 1 radical (unpaired) electrons. The summed E-state index contributed by atoms with van der Waals surface area (Å²) in [6.45, 7) is 0.972. The SMILES string of the molecule is CC(=O)[O-].NC(=O)[C@@H](N)Cc1ccc(O)cc1.[Co+2].[OH-]. The number of rotatable bonds is 3. The molecule has 0 aliphatic rings. The number of carbonyl (C=O) groups is 2. The summed E-state index contributed by atoms with van der Waals surface area (Å²) in [6, 6.07) is 5.84. The van der Waals surface area contributed by atoms with Crippen LogP contribution in [0.15, 0.2) is 24.3 Å². The first-order chi connectivity index (χ1) is 7.82. The van der Waals surface area contributed by atoms with E-state index in [1.165, 1.54) is 0 Å². The summed E-state index contributed by atoms with van der Waals surface area (Å²) in [5.41, 5.74) is 11.3. The molecule has 1 amide bonds. The Balaban J connectivity index is -0.000000379. The summed E-state index contributed by atoms with van der Waals surface area (Å²) < 4.78 is 0. The number of hydrogen-bond donors (Lipinski definition) is 3. The minimum Gasteiger partial charge on any atom is -0.870 e. The standard InChI is InChI=1S/C9H12N2O2.C2H4O2.Co.H2O/c10-8(9(11)13)5-6-1-3-7(12)4-2-6;1-2(3)4;;/h1-4,8,12H,5,10H2,(H2,11,13);1H3,(H,3,4);;1H2/q;;+2;/p-2/t8-;;;/m0.../s1. The quantitative estimate of drug-likeness (QED) is 0.604. The third kappa shape index (κ3) is 12.6. The van der Waals surface area contributed by atoms with Crippen LogP contribution in [0.3, 0.4) is 0 Å². The second-order valence-electron chi connectivity index (χ2n) is 3.37. The molecule has 7 nitrogen and oxygen atoms in total. The van der Waals surface area contributed by atoms with Gasteiger partial charge in [-0.15, -0.1) is 0 Å². The average Bonchev–Trinajstić information content (AvgIpc) is 2.20. The monoisotopic (exact) mass is 315 g/mol. The van der Waals surface area contributed by atoms with E-state index in [1.54, 1.807) is 24.3 Å². The molecule has 0 spiro atoms. The summed E-state index contributed by atoms with van der Waals surface area (Å²) >= 11 is 0. The topological polar surface area (TPSA) is 159 Å². The molecule has 0 aromatic heterocycles. The molecule has 0 unspecified atom stereocenters. The van der Waals surface area contributed by atoms with Crippen LogP contribution in [0, 0.1) is 0 Å². The van der Waals surface area contributed by atoms with Crippen LogP contribution >= 0.6 is 0 Å². The Bertz CT molecular complexity index is 379. The van der Waals surface area contributed by atoms with Crippen molar-refractivity contribution in [1.82, 2.24) is 0 Å². The number of carboxylic acids is 1. The minimum absolute atomic E-state index is 0. The van der Waals surface area contributed by atoms with E-state index >= 15 is 0 Å². The van der Waals surface area contributed by atoms with Crippen LogP contribution in [-0.4, -0.2) is 28.5 Å². The number of phenols is 1. The number of carbonyl (C=O) groups excluding carboxylic acids is 2. The van der Waals surface area contributed by atoms with Gasteiger partial charge in [0.25, 0.3) is 0 Å². The zero-order valence-electron chi connectivity index (χ0n) is 10.2. The van der Waals surface area contributed by atoms with Crippen molar-refractivity contribution in [2.45, 2.75) is 19.4 Å². The number of carboxylic acid groups (broad SMARTS) is 1. The number of aliphatic carboxylic acids is 1. The van der Waals surface area contributed by atoms with E-state index < -0.39 is 17.9 Å². The molecule has 6 N–H and O–H groups in total. The van der Waals surface area contributed by atoms with Crippen LogP contribution in [0.5, 0.6) is 5.75 Å². The van der Waals surface area contributed by atoms with Gasteiger partial charge in [0.1, 0.15) is 5.75 Å². The van der Waals surface area contributed by atoms with Gasteiger partial charge in [0.15, 0.2) is 0 Å². The van der Waals surface area contributed by atoms with Crippen molar-refractivity contribution < 1.29 is 42.1 Å². The van der Waals surface area contributed by atoms with Gasteiger partial charge in [0, 0.05) is 5.97 Å². The van der Waals surface area contributed by atoms with E-state index in [4.69, 9.17) is 26.5 Å². The summed E-state index contributed by atoms with van der Waals surface area (Å²) in [4.78, 5) is 19.5. The average molecular weight is 315 g/mol. The Hall–Kier alpha value is -1.61.